The summed E-state index contributed by atoms with van der Waals surface area (Å²) in [6.45, 7) is 11.1. The molecule has 0 aliphatic rings. The van der Waals surface area contributed by atoms with Gasteiger partial charge in [0.2, 0.25) is 0 Å². The highest BCUT2D eigenvalue weighted by Crippen LogP contribution is 2.53. The van der Waals surface area contributed by atoms with Crippen LogP contribution in [-0.2, 0) is 19.8 Å². The second-order valence-corrected chi connectivity index (χ2v) is 6.98. The molecule has 0 fully saturated rings. The summed E-state index contributed by atoms with van der Waals surface area (Å²) >= 11 is 0. The molecule has 0 saturated heterocycles. The Balaban J connectivity index is 2.86. The van der Waals surface area contributed by atoms with Gasteiger partial charge in [-0.25, -0.2) is 0 Å². The molecule has 3 nitrogen and oxygen atoms in total. The normalized spacial score (nSPS) is 12.1. The molecule has 106 valence electrons. The lowest BCUT2D eigenvalue weighted by Crippen LogP contribution is -2.09. The molecule has 0 saturated carbocycles. The zero-order valence-electron chi connectivity index (χ0n) is 12.1. The summed E-state index contributed by atoms with van der Waals surface area (Å²) in [5.41, 5.74) is 1.98. The van der Waals surface area contributed by atoms with E-state index < -0.39 is 7.60 Å². The van der Waals surface area contributed by atoms with Gasteiger partial charge in [-0.15, -0.1) is 0 Å². The SMILES string of the molecule is C=Cc1ccc(CP(=O)(OC(C)C)OC(C)C)cc1. The molecule has 0 atom stereocenters. The van der Waals surface area contributed by atoms with Crippen LogP contribution in [0, 0.1) is 0 Å². The van der Waals surface area contributed by atoms with Crippen LogP contribution >= 0.6 is 7.60 Å². The van der Waals surface area contributed by atoms with Crippen LogP contribution in [0.5, 0.6) is 0 Å². The Morgan fingerprint density at radius 3 is 1.95 bits per heavy atom. The second kappa shape index (κ2) is 7.04. The molecular weight excluding hydrogens is 259 g/mol. The van der Waals surface area contributed by atoms with Gasteiger partial charge >= 0.3 is 7.60 Å². The van der Waals surface area contributed by atoms with Crippen molar-refractivity contribution in [1.29, 1.82) is 0 Å². The first kappa shape index (κ1) is 16.2. The molecule has 0 aromatic heterocycles. The Morgan fingerprint density at radius 2 is 1.58 bits per heavy atom. The van der Waals surface area contributed by atoms with Crippen molar-refractivity contribution < 1.29 is 13.6 Å². The summed E-state index contributed by atoms with van der Waals surface area (Å²) in [5, 5.41) is 0. The van der Waals surface area contributed by atoms with Crippen molar-refractivity contribution in [3.63, 3.8) is 0 Å². The van der Waals surface area contributed by atoms with E-state index in [0.29, 0.717) is 6.16 Å². The predicted octanol–water partition coefficient (Wildman–Crippen LogP) is 4.87. The quantitative estimate of drug-likeness (QED) is 0.669. The minimum Gasteiger partial charge on any atom is -0.306 e. The van der Waals surface area contributed by atoms with Crippen LogP contribution in [0.15, 0.2) is 30.8 Å². The molecule has 0 unspecified atom stereocenters. The first-order valence-corrected chi connectivity index (χ1v) is 8.24. The van der Waals surface area contributed by atoms with Crippen molar-refractivity contribution in [2.75, 3.05) is 0 Å². The highest BCUT2D eigenvalue weighted by atomic mass is 31.2. The Bertz CT molecular complexity index is 435. The van der Waals surface area contributed by atoms with Gasteiger partial charge in [0.05, 0.1) is 18.4 Å². The lowest BCUT2D eigenvalue weighted by Gasteiger charge is -2.22. The summed E-state index contributed by atoms with van der Waals surface area (Å²) in [6, 6.07) is 7.74. The summed E-state index contributed by atoms with van der Waals surface area (Å²) in [4.78, 5) is 0. The van der Waals surface area contributed by atoms with Crippen LogP contribution < -0.4 is 0 Å². The Kier molecular flexibility index (Phi) is 5.99. The fourth-order valence-electron chi connectivity index (χ4n) is 1.72. The summed E-state index contributed by atoms with van der Waals surface area (Å²) in [6.07, 6.45) is 1.81. The number of hydrogen-bond acceptors (Lipinski definition) is 3. The van der Waals surface area contributed by atoms with E-state index in [1.807, 2.05) is 52.0 Å². The second-order valence-electron chi connectivity index (χ2n) is 5.02. The minimum atomic E-state index is -3.10. The smallest absolute Gasteiger partial charge is 0.306 e. The molecule has 0 heterocycles. The lowest BCUT2D eigenvalue weighted by atomic mass is 10.1. The maximum atomic E-state index is 12.7. The highest BCUT2D eigenvalue weighted by molar-refractivity contribution is 7.53. The summed E-state index contributed by atoms with van der Waals surface area (Å²) < 4.78 is 23.7. The molecule has 1 aromatic rings. The average molecular weight is 282 g/mol. The Labute approximate surface area is 116 Å². The first-order chi connectivity index (χ1) is 8.84. The van der Waals surface area contributed by atoms with E-state index in [-0.39, 0.29) is 12.2 Å². The average Bonchev–Trinajstić information content (AvgIpc) is 2.27. The molecule has 4 heteroatoms. The fourth-order valence-corrected chi connectivity index (χ4v) is 3.87. The third kappa shape index (κ3) is 5.73. The fraction of sp³-hybridized carbons (Fsp3) is 0.467. The standard InChI is InChI=1S/C15H23O3P/c1-6-14-7-9-15(10-8-14)11-19(16,17-12(2)3)18-13(4)5/h6-10,12-13H,1,11H2,2-5H3. The van der Waals surface area contributed by atoms with Gasteiger partial charge in [0.15, 0.2) is 0 Å². The van der Waals surface area contributed by atoms with Gasteiger partial charge in [0, 0.05) is 0 Å². The van der Waals surface area contributed by atoms with Gasteiger partial charge in [-0.1, -0.05) is 36.9 Å². The first-order valence-electron chi connectivity index (χ1n) is 6.52. The maximum Gasteiger partial charge on any atom is 0.335 e. The van der Waals surface area contributed by atoms with E-state index in [1.165, 1.54) is 0 Å². The zero-order valence-corrected chi connectivity index (χ0v) is 13.0. The molecule has 0 radical (unpaired) electrons. The van der Waals surface area contributed by atoms with Crippen LogP contribution in [0.2, 0.25) is 0 Å². The van der Waals surface area contributed by atoms with Crippen molar-refractivity contribution in [3.8, 4) is 0 Å². The van der Waals surface area contributed by atoms with Crippen molar-refractivity contribution in [1.82, 2.24) is 0 Å². The van der Waals surface area contributed by atoms with Gasteiger partial charge < -0.3 is 9.05 Å². The number of rotatable bonds is 7. The molecule has 1 rings (SSSR count). The van der Waals surface area contributed by atoms with Crippen LogP contribution in [0.4, 0.5) is 0 Å². The van der Waals surface area contributed by atoms with Gasteiger partial charge in [0.1, 0.15) is 0 Å². The van der Waals surface area contributed by atoms with Gasteiger partial charge in [0.25, 0.3) is 0 Å². The van der Waals surface area contributed by atoms with Crippen LogP contribution in [0.1, 0.15) is 38.8 Å². The molecule has 0 N–H and O–H groups in total. The van der Waals surface area contributed by atoms with E-state index >= 15 is 0 Å². The van der Waals surface area contributed by atoms with E-state index in [9.17, 15) is 4.57 Å². The van der Waals surface area contributed by atoms with E-state index in [1.54, 1.807) is 6.08 Å². The van der Waals surface area contributed by atoms with Crippen molar-refractivity contribution in [2.24, 2.45) is 0 Å². The Morgan fingerprint density at radius 1 is 1.11 bits per heavy atom. The van der Waals surface area contributed by atoms with Crippen molar-refractivity contribution in [3.05, 3.63) is 42.0 Å². The molecular formula is C15H23O3P. The van der Waals surface area contributed by atoms with Gasteiger partial charge in [-0.05, 0) is 38.8 Å². The van der Waals surface area contributed by atoms with E-state index in [0.717, 1.165) is 11.1 Å². The van der Waals surface area contributed by atoms with Crippen LogP contribution in [0.25, 0.3) is 6.08 Å². The zero-order chi connectivity index (χ0) is 14.5. The van der Waals surface area contributed by atoms with Gasteiger partial charge in [-0.2, -0.15) is 0 Å². The number of hydrogen-bond donors (Lipinski definition) is 0. The molecule has 0 spiro atoms. The third-order valence-corrected chi connectivity index (χ3v) is 4.57. The predicted molar refractivity (Wildman–Crippen MR) is 80.3 cm³/mol. The lowest BCUT2D eigenvalue weighted by molar-refractivity contribution is 0.141. The highest BCUT2D eigenvalue weighted by Gasteiger charge is 2.27. The molecule has 0 aliphatic carbocycles. The third-order valence-electron chi connectivity index (χ3n) is 2.33. The summed E-state index contributed by atoms with van der Waals surface area (Å²) in [7, 11) is -3.10. The van der Waals surface area contributed by atoms with Gasteiger partial charge in [-0.3, -0.25) is 4.57 Å². The molecule has 0 amide bonds. The Hall–Kier alpha value is -0.890. The van der Waals surface area contributed by atoms with Crippen LogP contribution in [-0.4, -0.2) is 12.2 Å². The van der Waals surface area contributed by atoms with Crippen molar-refractivity contribution in [2.45, 2.75) is 46.1 Å². The largest absolute Gasteiger partial charge is 0.335 e. The molecule has 0 bridgehead atoms. The monoisotopic (exact) mass is 282 g/mol. The van der Waals surface area contributed by atoms with E-state index in [4.69, 9.17) is 9.05 Å². The molecule has 19 heavy (non-hydrogen) atoms. The summed E-state index contributed by atoms with van der Waals surface area (Å²) in [5.74, 6) is 0. The van der Waals surface area contributed by atoms with E-state index in [2.05, 4.69) is 6.58 Å². The number of benzene rings is 1. The molecule has 1 aromatic carbocycles. The van der Waals surface area contributed by atoms with Crippen LogP contribution in [0.3, 0.4) is 0 Å². The molecule has 0 aliphatic heterocycles. The van der Waals surface area contributed by atoms with Crippen molar-refractivity contribution >= 4 is 13.7 Å². The minimum absolute atomic E-state index is 0.128. The topological polar surface area (TPSA) is 35.5 Å². The maximum absolute atomic E-state index is 12.7.